The number of likely N-dealkylation sites (tertiary alicyclic amines) is 1. The number of carbonyl (C=O) groups excluding carboxylic acids is 1. The first-order valence-electron chi connectivity index (χ1n) is 5.47. The van der Waals surface area contributed by atoms with Gasteiger partial charge >= 0.3 is 0 Å². The van der Waals surface area contributed by atoms with Crippen LogP contribution in [0.3, 0.4) is 0 Å². The number of piperidine rings is 1. The number of hydrogen-bond acceptors (Lipinski definition) is 1. The highest BCUT2D eigenvalue weighted by Crippen LogP contribution is 2.46. The number of carbonyl (C=O) groups is 1. The summed E-state index contributed by atoms with van der Waals surface area (Å²) >= 11 is 0. The van der Waals surface area contributed by atoms with Crippen molar-refractivity contribution in [3.8, 4) is 12.3 Å². The van der Waals surface area contributed by atoms with Gasteiger partial charge in [0.2, 0.25) is 5.91 Å². The van der Waals surface area contributed by atoms with Crippen LogP contribution >= 0.6 is 0 Å². The lowest BCUT2D eigenvalue weighted by Gasteiger charge is -2.38. The molecule has 0 N–H and O–H groups in total. The number of rotatable bonds is 1. The maximum atomic E-state index is 11.8. The fourth-order valence-electron chi connectivity index (χ4n) is 2.85. The molecular weight excluding hydrogens is 174 g/mol. The van der Waals surface area contributed by atoms with Crippen molar-refractivity contribution in [3.63, 3.8) is 0 Å². The lowest BCUT2D eigenvalue weighted by Crippen LogP contribution is -2.43. The van der Waals surface area contributed by atoms with Crippen molar-refractivity contribution >= 4 is 5.91 Å². The van der Waals surface area contributed by atoms with Crippen molar-refractivity contribution in [2.75, 3.05) is 13.1 Å². The van der Waals surface area contributed by atoms with Crippen LogP contribution in [-0.4, -0.2) is 23.9 Å². The Morgan fingerprint density at radius 2 is 2.07 bits per heavy atom. The summed E-state index contributed by atoms with van der Waals surface area (Å²) in [5.41, 5.74) is 0.363. The summed E-state index contributed by atoms with van der Waals surface area (Å²) in [7, 11) is 0. The van der Waals surface area contributed by atoms with Crippen molar-refractivity contribution in [2.45, 2.75) is 38.5 Å². The molecule has 1 aliphatic carbocycles. The molecule has 76 valence electrons. The Bertz CT molecular complexity index is 271. The molecule has 2 fully saturated rings. The van der Waals surface area contributed by atoms with Gasteiger partial charge in [-0.05, 0) is 24.7 Å². The van der Waals surface area contributed by atoms with E-state index >= 15 is 0 Å². The van der Waals surface area contributed by atoms with E-state index in [4.69, 9.17) is 6.42 Å². The van der Waals surface area contributed by atoms with Crippen molar-refractivity contribution in [2.24, 2.45) is 5.41 Å². The summed E-state index contributed by atoms with van der Waals surface area (Å²) in [6, 6.07) is 0. The third-order valence-electron chi connectivity index (χ3n) is 3.74. The maximum absolute atomic E-state index is 11.8. The maximum Gasteiger partial charge on any atom is 0.223 e. The van der Waals surface area contributed by atoms with Crippen LogP contribution in [-0.2, 0) is 4.79 Å². The summed E-state index contributed by atoms with van der Waals surface area (Å²) in [6.45, 7) is 1.37. The molecule has 14 heavy (non-hydrogen) atoms. The molecule has 1 saturated carbocycles. The van der Waals surface area contributed by atoms with Crippen LogP contribution in [0.15, 0.2) is 0 Å². The first-order chi connectivity index (χ1) is 6.76. The Morgan fingerprint density at radius 3 is 2.64 bits per heavy atom. The van der Waals surface area contributed by atoms with E-state index in [1.807, 2.05) is 4.90 Å². The molecule has 2 heteroatoms. The fraction of sp³-hybridized carbons (Fsp3) is 0.750. The molecule has 2 nitrogen and oxygen atoms in total. The minimum absolute atomic E-state index is 0.274. The second-order valence-electron chi connectivity index (χ2n) is 4.65. The molecule has 1 amide bonds. The van der Waals surface area contributed by atoms with Crippen molar-refractivity contribution in [1.82, 2.24) is 4.90 Å². The number of amides is 1. The molecule has 2 rings (SSSR count). The highest BCUT2D eigenvalue weighted by molar-refractivity contribution is 5.78. The number of terminal acetylenes is 1. The van der Waals surface area contributed by atoms with Crippen LogP contribution in [0.2, 0.25) is 0 Å². The SMILES string of the molecule is C#CCN1CCC2(CCCC2)CC1=O. The standard InChI is InChI=1S/C12H17NO/c1-2-8-13-9-7-12(10-11(13)14)5-3-4-6-12/h1H,3-10H2. The summed E-state index contributed by atoms with van der Waals surface area (Å²) in [4.78, 5) is 13.6. The average molecular weight is 191 g/mol. The van der Waals surface area contributed by atoms with Crippen LogP contribution in [0.1, 0.15) is 38.5 Å². The molecule has 1 saturated heterocycles. The van der Waals surface area contributed by atoms with Gasteiger partial charge in [0.25, 0.3) is 0 Å². The van der Waals surface area contributed by atoms with E-state index in [9.17, 15) is 4.79 Å². The summed E-state index contributed by atoms with van der Waals surface area (Å²) in [5.74, 6) is 2.83. The minimum atomic E-state index is 0.274. The van der Waals surface area contributed by atoms with Gasteiger partial charge in [-0.2, -0.15) is 0 Å². The molecule has 0 aromatic heterocycles. The largest absolute Gasteiger partial charge is 0.332 e. The average Bonchev–Trinajstić information content (AvgIpc) is 2.59. The summed E-state index contributed by atoms with van der Waals surface area (Å²) in [6.07, 6.45) is 12.3. The van der Waals surface area contributed by atoms with Crippen LogP contribution in [0.5, 0.6) is 0 Å². The second-order valence-corrected chi connectivity index (χ2v) is 4.65. The molecule has 1 spiro atoms. The summed E-state index contributed by atoms with van der Waals surface area (Å²) in [5, 5.41) is 0. The quantitative estimate of drug-likeness (QED) is 0.579. The van der Waals surface area contributed by atoms with Gasteiger partial charge in [0.15, 0.2) is 0 Å². The van der Waals surface area contributed by atoms with Crippen LogP contribution in [0.4, 0.5) is 0 Å². The van der Waals surface area contributed by atoms with Crippen LogP contribution in [0, 0.1) is 17.8 Å². The van der Waals surface area contributed by atoms with Crippen molar-refractivity contribution in [3.05, 3.63) is 0 Å². The van der Waals surface area contributed by atoms with E-state index in [-0.39, 0.29) is 5.91 Å². The van der Waals surface area contributed by atoms with E-state index < -0.39 is 0 Å². The predicted molar refractivity (Wildman–Crippen MR) is 55.5 cm³/mol. The molecule has 1 aliphatic heterocycles. The van der Waals surface area contributed by atoms with Gasteiger partial charge in [-0.25, -0.2) is 0 Å². The van der Waals surface area contributed by atoms with Gasteiger partial charge < -0.3 is 4.90 Å². The molecule has 0 bridgehead atoms. The van der Waals surface area contributed by atoms with Crippen molar-refractivity contribution < 1.29 is 4.79 Å². The third-order valence-corrected chi connectivity index (χ3v) is 3.74. The fourth-order valence-corrected chi connectivity index (χ4v) is 2.85. The Balaban J connectivity index is 1.99. The van der Waals surface area contributed by atoms with E-state index in [0.29, 0.717) is 12.0 Å². The Labute approximate surface area is 85.7 Å². The molecule has 0 radical (unpaired) electrons. The Kier molecular flexibility index (Phi) is 2.50. The van der Waals surface area contributed by atoms with Crippen LogP contribution in [0.25, 0.3) is 0 Å². The first kappa shape index (κ1) is 9.58. The molecule has 0 unspecified atom stereocenters. The first-order valence-corrected chi connectivity index (χ1v) is 5.47. The lowest BCUT2D eigenvalue weighted by molar-refractivity contribution is -0.137. The monoisotopic (exact) mass is 191 g/mol. The van der Waals surface area contributed by atoms with E-state index in [0.717, 1.165) is 13.0 Å². The number of hydrogen-bond donors (Lipinski definition) is 0. The minimum Gasteiger partial charge on any atom is -0.332 e. The topological polar surface area (TPSA) is 20.3 Å². The smallest absolute Gasteiger partial charge is 0.223 e. The Morgan fingerprint density at radius 1 is 1.36 bits per heavy atom. The van der Waals surface area contributed by atoms with E-state index in [1.165, 1.54) is 32.1 Å². The highest BCUT2D eigenvalue weighted by atomic mass is 16.2. The molecule has 1 heterocycles. The van der Waals surface area contributed by atoms with Gasteiger partial charge in [0.05, 0.1) is 6.54 Å². The van der Waals surface area contributed by atoms with Gasteiger partial charge in [0.1, 0.15) is 0 Å². The van der Waals surface area contributed by atoms with Crippen LogP contribution < -0.4 is 0 Å². The molecule has 0 aromatic rings. The number of nitrogens with zero attached hydrogens (tertiary/aromatic N) is 1. The zero-order valence-electron chi connectivity index (χ0n) is 8.59. The van der Waals surface area contributed by atoms with Crippen molar-refractivity contribution in [1.29, 1.82) is 0 Å². The third kappa shape index (κ3) is 1.64. The van der Waals surface area contributed by atoms with Gasteiger partial charge in [0, 0.05) is 13.0 Å². The predicted octanol–water partition coefficient (Wildman–Crippen LogP) is 1.80. The summed E-state index contributed by atoms with van der Waals surface area (Å²) < 4.78 is 0. The molecule has 2 aliphatic rings. The molecule has 0 aromatic carbocycles. The van der Waals surface area contributed by atoms with Gasteiger partial charge in [-0.3, -0.25) is 4.79 Å². The molecule has 0 atom stereocenters. The zero-order chi connectivity index (χ0) is 10.0. The zero-order valence-corrected chi connectivity index (χ0v) is 8.59. The van der Waals surface area contributed by atoms with Gasteiger partial charge in [-0.1, -0.05) is 18.8 Å². The van der Waals surface area contributed by atoms with Gasteiger partial charge in [-0.15, -0.1) is 6.42 Å². The highest BCUT2D eigenvalue weighted by Gasteiger charge is 2.40. The Hall–Kier alpha value is -0.970. The molecular formula is C12H17NO. The normalized spacial score (nSPS) is 25.4. The second kappa shape index (κ2) is 3.65. The lowest BCUT2D eigenvalue weighted by atomic mass is 9.77. The van der Waals surface area contributed by atoms with E-state index in [1.54, 1.807) is 0 Å². The van der Waals surface area contributed by atoms with E-state index in [2.05, 4.69) is 5.92 Å².